The van der Waals surface area contributed by atoms with Crippen LogP contribution in [-0.4, -0.2) is 56.1 Å². The van der Waals surface area contributed by atoms with Crippen molar-refractivity contribution in [2.75, 3.05) is 12.3 Å². The molecule has 156 valence electrons. The number of nitrogens with one attached hydrogen (secondary N) is 1. The molecule has 0 amide bonds. The number of H-pyrrole nitrogens is 1. The lowest BCUT2D eigenvalue weighted by Crippen LogP contribution is -2.42. The first kappa shape index (κ1) is 20.5. The van der Waals surface area contributed by atoms with Crippen LogP contribution >= 0.6 is 0 Å². The van der Waals surface area contributed by atoms with Crippen LogP contribution in [0, 0.1) is 0 Å². The highest BCUT2D eigenvalue weighted by molar-refractivity contribution is 5.87. The van der Waals surface area contributed by atoms with Crippen LogP contribution in [0.2, 0.25) is 0 Å². The Hall–Kier alpha value is -3.28. The van der Waals surface area contributed by atoms with Gasteiger partial charge in [0.2, 0.25) is 11.7 Å². The summed E-state index contributed by atoms with van der Waals surface area (Å²) in [6, 6.07) is 0. The molecule has 0 saturated carbocycles. The van der Waals surface area contributed by atoms with E-state index >= 15 is 0 Å². The maximum absolute atomic E-state index is 13.0. The fourth-order valence-electron chi connectivity index (χ4n) is 3.39. The number of ketones is 1. The molecular weight excluding hydrogens is 386 g/mol. The Morgan fingerprint density at radius 2 is 2.10 bits per heavy atom. The zero-order chi connectivity index (χ0) is 21.3. The van der Waals surface area contributed by atoms with E-state index in [1.807, 2.05) is 0 Å². The second kappa shape index (κ2) is 7.62. The molecule has 0 bridgehead atoms. The minimum absolute atomic E-state index is 0.0291. The lowest BCUT2D eigenvalue weighted by Gasteiger charge is -2.28. The SMILES string of the molecule is CCC(=O)[C@]1(n2cnc3c(=O)[nH]c(N)nc32)C[C@H](OC(C)=O)[C@@H](COC(C)=O)O1. The van der Waals surface area contributed by atoms with Gasteiger partial charge in [0.25, 0.3) is 5.56 Å². The Morgan fingerprint density at radius 3 is 2.72 bits per heavy atom. The molecule has 2 aromatic heterocycles. The number of hydrogen-bond donors (Lipinski definition) is 2. The molecule has 1 saturated heterocycles. The summed E-state index contributed by atoms with van der Waals surface area (Å²) in [5.74, 6) is -1.65. The first-order valence-electron chi connectivity index (χ1n) is 8.93. The lowest BCUT2D eigenvalue weighted by atomic mass is 9.99. The van der Waals surface area contributed by atoms with Gasteiger partial charge in [-0.1, -0.05) is 6.92 Å². The molecule has 12 heteroatoms. The molecular formula is C17H21N5O7. The molecule has 3 heterocycles. The Morgan fingerprint density at radius 1 is 1.38 bits per heavy atom. The highest BCUT2D eigenvalue weighted by Crippen LogP contribution is 2.40. The molecule has 3 N–H and O–H groups in total. The number of rotatable bonds is 6. The van der Waals surface area contributed by atoms with Crippen molar-refractivity contribution in [3.8, 4) is 0 Å². The van der Waals surface area contributed by atoms with E-state index in [1.54, 1.807) is 6.92 Å². The van der Waals surface area contributed by atoms with Crippen LogP contribution in [0.15, 0.2) is 11.1 Å². The van der Waals surface area contributed by atoms with Gasteiger partial charge in [0, 0.05) is 26.7 Å². The largest absolute Gasteiger partial charge is 0.463 e. The number of carbonyl (C=O) groups is 3. The van der Waals surface area contributed by atoms with Gasteiger partial charge >= 0.3 is 11.9 Å². The number of nitrogen functional groups attached to an aromatic ring is 1. The van der Waals surface area contributed by atoms with Gasteiger partial charge in [0.1, 0.15) is 25.1 Å². The summed E-state index contributed by atoms with van der Waals surface area (Å²) in [7, 11) is 0. The number of nitrogens with zero attached hydrogens (tertiary/aromatic N) is 3. The monoisotopic (exact) mass is 407 g/mol. The molecule has 0 spiro atoms. The van der Waals surface area contributed by atoms with Crippen LogP contribution in [0.1, 0.15) is 33.6 Å². The maximum atomic E-state index is 13.0. The van der Waals surface area contributed by atoms with Gasteiger partial charge in [0.05, 0.1) is 0 Å². The summed E-state index contributed by atoms with van der Waals surface area (Å²) >= 11 is 0. The highest BCUT2D eigenvalue weighted by Gasteiger charge is 2.54. The number of hydrogen-bond acceptors (Lipinski definition) is 10. The van der Waals surface area contributed by atoms with Crippen LogP contribution in [0.4, 0.5) is 5.95 Å². The van der Waals surface area contributed by atoms with Gasteiger partial charge in [-0.15, -0.1) is 0 Å². The molecule has 3 rings (SSSR count). The average Bonchev–Trinajstić information content (AvgIpc) is 3.21. The molecule has 1 aliphatic rings. The van der Waals surface area contributed by atoms with Gasteiger partial charge in [-0.3, -0.25) is 28.7 Å². The van der Waals surface area contributed by atoms with E-state index in [2.05, 4.69) is 15.0 Å². The summed E-state index contributed by atoms with van der Waals surface area (Å²) in [6.45, 7) is 3.86. The standard InChI is InChI=1S/C17H21N5O7/c1-4-12(25)17(22-7-19-13-14(22)20-16(18)21-15(13)26)5-10(28-9(3)24)11(29-17)6-27-8(2)23/h7,10-11H,4-6H2,1-3H3,(H3,18,20,21,26)/t10-,11+,17-/m0/s1. The smallest absolute Gasteiger partial charge is 0.303 e. The molecule has 0 aliphatic carbocycles. The lowest BCUT2D eigenvalue weighted by molar-refractivity contribution is -0.168. The zero-order valence-corrected chi connectivity index (χ0v) is 16.1. The maximum Gasteiger partial charge on any atom is 0.303 e. The van der Waals surface area contributed by atoms with Crippen molar-refractivity contribution in [2.45, 2.75) is 51.5 Å². The molecule has 12 nitrogen and oxygen atoms in total. The topological polar surface area (TPSA) is 168 Å². The van der Waals surface area contributed by atoms with Crippen molar-refractivity contribution in [1.82, 2.24) is 19.5 Å². The Kier molecular flexibility index (Phi) is 5.38. The Labute approximate surface area is 164 Å². The number of aromatic nitrogens is 4. The van der Waals surface area contributed by atoms with Gasteiger partial charge in [-0.05, 0) is 0 Å². The number of anilines is 1. The van der Waals surface area contributed by atoms with E-state index in [9.17, 15) is 19.2 Å². The Balaban J connectivity index is 2.12. The number of Topliss-reactive ketones (excluding diaryl/α,β-unsaturated/α-hetero) is 1. The predicted molar refractivity (Wildman–Crippen MR) is 97.5 cm³/mol. The average molecular weight is 407 g/mol. The number of nitrogens with two attached hydrogens (primary N) is 1. The van der Waals surface area contributed by atoms with Crippen LogP contribution in [-0.2, 0) is 34.3 Å². The van der Waals surface area contributed by atoms with Crippen molar-refractivity contribution in [3.05, 3.63) is 16.7 Å². The molecule has 29 heavy (non-hydrogen) atoms. The van der Waals surface area contributed by atoms with E-state index < -0.39 is 35.4 Å². The third-order valence-electron chi connectivity index (χ3n) is 4.58. The quantitative estimate of drug-likeness (QED) is 0.602. The first-order valence-corrected chi connectivity index (χ1v) is 8.93. The molecule has 3 atom stereocenters. The number of fused-ring (bicyclic) bond motifs is 1. The molecule has 1 fully saturated rings. The van der Waals surface area contributed by atoms with E-state index in [-0.39, 0.29) is 42.3 Å². The summed E-state index contributed by atoms with van der Waals surface area (Å²) in [6.07, 6.45) is -0.538. The summed E-state index contributed by atoms with van der Waals surface area (Å²) < 4.78 is 17.6. The fourth-order valence-corrected chi connectivity index (χ4v) is 3.39. The molecule has 2 aromatic rings. The minimum Gasteiger partial charge on any atom is -0.463 e. The van der Waals surface area contributed by atoms with Crippen molar-refractivity contribution in [3.63, 3.8) is 0 Å². The van der Waals surface area contributed by atoms with Gasteiger partial charge < -0.3 is 19.9 Å². The van der Waals surface area contributed by atoms with E-state index in [4.69, 9.17) is 19.9 Å². The predicted octanol–water partition coefficient (Wildman–Crippen LogP) is -0.383. The first-order chi connectivity index (χ1) is 13.7. The number of ether oxygens (including phenoxy) is 3. The fraction of sp³-hybridized carbons (Fsp3) is 0.529. The summed E-state index contributed by atoms with van der Waals surface area (Å²) in [5, 5.41) is 0. The molecule has 0 unspecified atom stereocenters. The normalized spacial score (nSPS) is 23.8. The van der Waals surface area contributed by atoms with Crippen molar-refractivity contribution in [1.29, 1.82) is 0 Å². The van der Waals surface area contributed by atoms with Crippen LogP contribution < -0.4 is 11.3 Å². The second-order valence-corrected chi connectivity index (χ2v) is 6.61. The Bertz CT molecular complexity index is 1030. The zero-order valence-electron chi connectivity index (χ0n) is 16.1. The number of carbonyl (C=O) groups excluding carboxylic acids is 3. The van der Waals surface area contributed by atoms with Crippen molar-refractivity contribution >= 4 is 34.8 Å². The summed E-state index contributed by atoms with van der Waals surface area (Å²) in [4.78, 5) is 58.3. The third kappa shape index (κ3) is 3.70. The minimum atomic E-state index is -1.67. The highest BCUT2D eigenvalue weighted by atomic mass is 16.6. The van der Waals surface area contributed by atoms with E-state index in [1.165, 1.54) is 24.7 Å². The summed E-state index contributed by atoms with van der Waals surface area (Å²) in [5.41, 5.74) is 3.42. The van der Waals surface area contributed by atoms with E-state index in [0.29, 0.717) is 0 Å². The molecule has 1 aliphatic heterocycles. The third-order valence-corrected chi connectivity index (χ3v) is 4.58. The number of imidazole rings is 1. The van der Waals surface area contributed by atoms with Crippen LogP contribution in [0.25, 0.3) is 11.2 Å². The second-order valence-electron chi connectivity index (χ2n) is 6.61. The van der Waals surface area contributed by atoms with Crippen LogP contribution in [0.3, 0.4) is 0 Å². The van der Waals surface area contributed by atoms with E-state index in [0.717, 1.165) is 0 Å². The van der Waals surface area contributed by atoms with Crippen molar-refractivity contribution in [2.24, 2.45) is 0 Å². The van der Waals surface area contributed by atoms with Gasteiger partial charge in [-0.2, -0.15) is 4.98 Å². The van der Waals surface area contributed by atoms with Gasteiger partial charge in [0.15, 0.2) is 16.9 Å². The number of esters is 2. The molecule has 0 aromatic carbocycles. The number of aromatic amines is 1. The van der Waals surface area contributed by atoms with Gasteiger partial charge in [-0.25, -0.2) is 4.98 Å². The van der Waals surface area contributed by atoms with Crippen LogP contribution in [0.5, 0.6) is 0 Å². The molecule has 0 radical (unpaired) electrons. The van der Waals surface area contributed by atoms with Crippen molar-refractivity contribution < 1.29 is 28.6 Å².